The number of benzene rings is 2. The molecule has 0 aliphatic carbocycles. The van der Waals surface area contributed by atoms with E-state index in [1.165, 1.54) is 6.07 Å². The minimum Gasteiger partial charge on any atom is -0.505 e. The Labute approximate surface area is 162 Å². The first-order valence-electron chi connectivity index (χ1n) is 8.63. The Kier molecular flexibility index (Phi) is 5.22. The second-order valence-corrected chi connectivity index (χ2v) is 6.38. The number of aromatic carboxylic acids is 1. The number of rotatable bonds is 5. The molecule has 3 aromatic rings. The van der Waals surface area contributed by atoms with E-state index in [0.29, 0.717) is 22.6 Å². The monoisotopic (exact) mass is 379 g/mol. The average Bonchev–Trinajstić information content (AvgIpc) is 2.69. The van der Waals surface area contributed by atoms with Crippen molar-refractivity contribution >= 4 is 29.0 Å². The molecule has 0 aliphatic heterocycles. The second kappa shape index (κ2) is 7.60. The van der Waals surface area contributed by atoms with Crippen LogP contribution in [0.2, 0.25) is 0 Å². The van der Waals surface area contributed by atoms with E-state index in [0.717, 1.165) is 16.7 Å². The number of hydrogen-bond acceptors (Lipinski definition) is 5. The normalized spacial score (nSPS) is 11.1. The Morgan fingerprint density at radius 2 is 1.82 bits per heavy atom. The van der Waals surface area contributed by atoms with Gasteiger partial charge in [0.15, 0.2) is 17.2 Å². The molecule has 0 unspecified atom stereocenters. The van der Waals surface area contributed by atoms with Gasteiger partial charge < -0.3 is 19.7 Å². The number of pyridine rings is 1. The first-order chi connectivity index (χ1) is 13.4. The molecular weight excluding hydrogens is 358 g/mol. The van der Waals surface area contributed by atoms with Crippen molar-refractivity contribution in [2.45, 2.75) is 13.8 Å². The van der Waals surface area contributed by atoms with Gasteiger partial charge in [-0.15, -0.1) is 0 Å². The van der Waals surface area contributed by atoms with Crippen molar-refractivity contribution in [1.82, 2.24) is 4.98 Å². The Bertz CT molecular complexity index is 1100. The van der Waals surface area contributed by atoms with E-state index in [2.05, 4.69) is 4.98 Å². The number of hydrogen-bond donors (Lipinski definition) is 2. The van der Waals surface area contributed by atoms with Gasteiger partial charge in [-0.1, -0.05) is 18.2 Å². The summed E-state index contributed by atoms with van der Waals surface area (Å²) in [5.41, 5.74) is 3.30. The molecule has 1 heterocycles. The number of ether oxygens (including phenoxy) is 2. The smallest absolute Gasteiger partial charge is 0.339 e. The van der Waals surface area contributed by atoms with Crippen LogP contribution < -0.4 is 9.47 Å². The van der Waals surface area contributed by atoms with Crippen molar-refractivity contribution in [2.24, 2.45) is 0 Å². The SMILES string of the molecule is COc1ccc(/C=C/c2ccc3c(C)cc(C(=O)O)c(O)c3n2)c(C)c1OC. The highest BCUT2D eigenvalue weighted by atomic mass is 16.5. The predicted molar refractivity (Wildman–Crippen MR) is 108 cm³/mol. The summed E-state index contributed by atoms with van der Waals surface area (Å²) in [6.07, 6.45) is 3.69. The first-order valence-corrected chi connectivity index (χ1v) is 8.63. The molecule has 144 valence electrons. The van der Waals surface area contributed by atoms with Gasteiger partial charge in [0.25, 0.3) is 0 Å². The molecule has 0 bridgehead atoms. The van der Waals surface area contributed by atoms with Gasteiger partial charge in [-0.05, 0) is 49.2 Å². The van der Waals surface area contributed by atoms with Crippen molar-refractivity contribution in [3.63, 3.8) is 0 Å². The van der Waals surface area contributed by atoms with Gasteiger partial charge >= 0.3 is 5.97 Å². The lowest BCUT2D eigenvalue weighted by molar-refractivity contribution is 0.0694. The average molecular weight is 379 g/mol. The molecular formula is C22H21NO5. The second-order valence-electron chi connectivity index (χ2n) is 6.38. The molecule has 0 aliphatic rings. The third-order valence-electron chi connectivity index (χ3n) is 4.68. The fourth-order valence-electron chi connectivity index (χ4n) is 3.17. The van der Waals surface area contributed by atoms with Gasteiger partial charge in [-0.25, -0.2) is 9.78 Å². The zero-order valence-electron chi connectivity index (χ0n) is 16.1. The lowest BCUT2D eigenvalue weighted by Crippen LogP contribution is -1.99. The van der Waals surface area contributed by atoms with E-state index in [9.17, 15) is 15.0 Å². The number of nitrogens with zero attached hydrogens (tertiary/aromatic N) is 1. The summed E-state index contributed by atoms with van der Waals surface area (Å²) in [5, 5.41) is 20.3. The topological polar surface area (TPSA) is 88.9 Å². The molecule has 0 saturated carbocycles. The van der Waals surface area contributed by atoms with E-state index in [-0.39, 0.29) is 16.8 Å². The van der Waals surface area contributed by atoms with Crippen LogP contribution in [0, 0.1) is 13.8 Å². The molecule has 6 nitrogen and oxygen atoms in total. The fraction of sp³-hybridized carbons (Fsp3) is 0.182. The Balaban J connectivity index is 2.06. The van der Waals surface area contributed by atoms with Gasteiger partial charge in [0.2, 0.25) is 0 Å². The number of aromatic nitrogens is 1. The van der Waals surface area contributed by atoms with Crippen molar-refractivity contribution in [3.05, 3.63) is 58.3 Å². The quantitative estimate of drug-likeness (QED) is 0.681. The Morgan fingerprint density at radius 1 is 1.07 bits per heavy atom. The molecule has 0 fully saturated rings. The van der Waals surface area contributed by atoms with E-state index >= 15 is 0 Å². The first kappa shape index (κ1) is 19.2. The number of fused-ring (bicyclic) bond motifs is 1. The predicted octanol–water partition coefficient (Wildman–Crippen LogP) is 4.44. The van der Waals surface area contributed by atoms with E-state index in [1.807, 2.05) is 37.3 Å². The zero-order chi connectivity index (χ0) is 20.4. The highest BCUT2D eigenvalue weighted by molar-refractivity contribution is 6.00. The third-order valence-corrected chi connectivity index (χ3v) is 4.68. The van der Waals surface area contributed by atoms with Crippen LogP contribution in [0.25, 0.3) is 23.1 Å². The summed E-state index contributed by atoms with van der Waals surface area (Å²) in [7, 11) is 3.18. The molecule has 0 spiro atoms. The third kappa shape index (κ3) is 3.36. The van der Waals surface area contributed by atoms with Crippen molar-refractivity contribution in [1.29, 1.82) is 0 Å². The van der Waals surface area contributed by atoms with Crippen LogP contribution in [0.5, 0.6) is 17.2 Å². The van der Waals surface area contributed by atoms with E-state index in [4.69, 9.17) is 9.47 Å². The lowest BCUT2D eigenvalue weighted by Gasteiger charge is -2.12. The summed E-state index contributed by atoms with van der Waals surface area (Å²) in [4.78, 5) is 15.8. The van der Waals surface area contributed by atoms with Gasteiger partial charge in [-0.2, -0.15) is 0 Å². The van der Waals surface area contributed by atoms with Gasteiger partial charge in [0.05, 0.1) is 19.9 Å². The maximum Gasteiger partial charge on any atom is 0.339 e. The summed E-state index contributed by atoms with van der Waals surface area (Å²) >= 11 is 0. The lowest BCUT2D eigenvalue weighted by atomic mass is 10.0. The summed E-state index contributed by atoms with van der Waals surface area (Å²) in [6.45, 7) is 3.72. The van der Waals surface area contributed by atoms with Gasteiger partial charge in [-0.3, -0.25) is 0 Å². The van der Waals surface area contributed by atoms with Gasteiger partial charge in [0.1, 0.15) is 11.1 Å². The van der Waals surface area contributed by atoms with Crippen molar-refractivity contribution in [2.75, 3.05) is 14.2 Å². The number of methoxy groups -OCH3 is 2. The van der Waals surface area contributed by atoms with Crippen LogP contribution in [-0.2, 0) is 0 Å². The molecule has 0 amide bonds. The highest BCUT2D eigenvalue weighted by Crippen LogP contribution is 2.34. The number of phenols is 1. The molecule has 0 radical (unpaired) electrons. The van der Waals surface area contributed by atoms with E-state index < -0.39 is 5.97 Å². The Hall–Kier alpha value is -3.54. The molecule has 3 rings (SSSR count). The van der Waals surface area contributed by atoms with Crippen LogP contribution >= 0.6 is 0 Å². The molecule has 0 saturated heterocycles. The van der Waals surface area contributed by atoms with Crippen molar-refractivity contribution in [3.8, 4) is 17.2 Å². The maximum absolute atomic E-state index is 11.3. The zero-order valence-corrected chi connectivity index (χ0v) is 16.1. The minimum absolute atomic E-state index is 0.158. The van der Waals surface area contributed by atoms with Crippen LogP contribution in [-0.4, -0.2) is 35.4 Å². The van der Waals surface area contributed by atoms with Crippen LogP contribution in [0.4, 0.5) is 0 Å². The molecule has 6 heteroatoms. The van der Waals surface area contributed by atoms with E-state index in [1.54, 1.807) is 27.2 Å². The number of aromatic hydroxyl groups is 1. The van der Waals surface area contributed by atoms with Crippen LogP contribution in [0.1, 0.15) is 32.7 Å². The number of carboxylic acids is 1. The number of carbonyl (C=O) groups is 1. The van der Waals surface area contributed by atoms with Crippen molar-refractivity contribution < 1.29 is 24.5 Å². The molecule has 2 N–H and O–H groups in total. The Morgan fingerprint density at radius 3 is 2.46 bits per heavy atom. The summed E-state index contributed by atoms with van der Waals surface area (Å²) in [5.74, 6) is -0.199. The minimum atomic E-state index is -1.19. The summed E-state index contributed by atoms with van der Waals surface area (Å²) < 4.78 is 10.7. The fourth-order valence-corrected chi connectivity index (χ4v) is 3.17. The number of aryl methyl sites for hydroxylation is 1. The summed E-state index contributed by atoms with van der Waals surface area (Å²) in [6, 6.07) is 8.84. The standard InChI is InChI=1S/C22H21NO5/c1-12-11-17(22(25)26)20(24)19-16(12)9-8-15(23-19)7-5-14-6-10-18(27-3)21(28-4)13(14)2/h5-11,24H,1-4H3,(H,25,26)/b7-5+. The maximum atomic E-state index is 11.3. The largest absolute Gasteiger partial charge is 0.505 e. The van der Waals surface area contributed by atoms with Crippen LogP contribution in [0.15, 0.2) is 30.3 Å². The molecule has 1 aromatic heterocycles. The van der Waals surface area contributed by atoms with Crippen LogP contribution in [0.3, 0.4) is 0 Å². The highest BCUT2D eigenvalue weighted by Gasteiger charge is 2.16. The molecule has 0 atom stereocenters. The molecule has 2 aromatic carbocycles. The van der Waals surface area contributed by atoms with Gasteiger partial charge in [0, 0.05) is 10.9 Å². The molecule has 28 heavy (non-hydrogen) atoms. The number of carboxylic acid groups (broad SMARTS) is 1.